The summed E-state index contributed by atoms with van der Waals surface area (Å²) in [5.74, 6) is -2.96. The Labute approximate surface area is 375 Å². The number of aliphatic hydroxyl groups is 1. The highest BCUT2D eigenvalue weighted by Crippen LogP contribution is 2.46. The van der Waals surface area contributed by atoms with Crippen LogP contribution in [0.15, 0.2) is 65.8 Å². The predicted molar refractivity (Wildman–Crippen MR) is 231 cm³/mol. The average molecular weight is 914 g/mol. The zero-order valence-corrected chi connectivity index (χ0v) is 39.1. The molecule has 2 aliphatic heterocycles. The van der Waals surface area contributed by atoms with Gasteiger partial charge in [0.15, 0.2) is 33.1 Å². The molecule has 2 aromatic carbocycles. The summed E-state index contributed by atoms with van der Waals surface area (Å²) in [7, 11) is -1.72. The second kappa shape index (κ2) is 24.1. The van der Waals surface area contributed by atoms with Crippen LogP contribution < -0.4 is 0 Å². The Morgan fingerprint density at radius 3 is 1.86 bits per heavy atom. The highest BCUT2D eigenvalue weighted by molar-refractivity contribution is 6.74. The van der Waals surface area contributed by atoms with Gasteiger partial charge in [-0.25, -0.2) is 4.79 Å². The molecule has 2 aliphatic rings. The lowest BCUT2D eigenvalue weighted by Gasteiger charge is -2.51. The zero-order valence-electron chi connectivity index (χ0n) is 38.1. The lowest BCUT2D eigenvalue weighted by molar-refractivity contribution is -0.346. The second-order valence-electron chi connectivity index (χ2n) is 17.3. The third-order valence-corrected chi connectivity index (χ3v) is 16.6. The SMILES string of the molecule is COC(=O)[C@H]1O[C@@H](O[C@H]2[C@H](OCc3ccccc3)[C@@H](N=[N+]=[N-])[C@H](O[Si](C)(C)C(C)(C)C(C)C)O[C@@H]2COC(=O)CCC(C)=O)[C@H](OC(=O)CCC(C)=O)[C@@H](OCc2ccccc2)[C@@H]1O. The summed E-state index contributed by atoms with van der Waals surface area (Å²) in [5, 5.41) is 15.5. The van der Waals surface area contributed by atoms with E-state index in [0.29, 0.717) is 5.56 Å². The van der Waals surface area contributed by atoms with Gasteiger partial charge in [0, 0.05) is 17.8 Å². The van der Waals surface area contributed by atoms with Gasteiger partial charge >= 0.3 is 17.9 Å². The van der Waals surface area contributed by atoms with E-state index < -0.39 is 94.2 Å². The molecule has 0 amide bonds. The van der Waals surface area contributed by atoms with Crippen molar-refractivity contribution in [3.63, 3.8) is 0 Å². The number of carbonyl (C=O) groups is 5. The molecule has 352 valence electrons. The van der Waals surface area contributed by atoms with Crippen molar-refractivity contribution in [3.05, 3.63) is 82.2 Å². The molecule has 0 bridgehead atoms. The molecule has 4 rings (SSSR count). The maximum Gasteiger partial charge on any atom is 0.337 e. The summed E-state index contributed by atoms with van der Waals surface area (Å²) in [6.45, 7) is 14.3. The first-order chi connectivity index (χ1) is 30.3. The molecule has 0 aromatic heterocycles. The molecule has 0 spiro atoms. The molecule has 10 atom stereocenters. The summed E-state index contributed by atoms with van der Waals surface area (Å²) in [5.41, 5.74) is 11.5. The molecule has 0 radical (unpaired) electrons. The lowest BCUT2D eigenvalue weighted by atomic mass is 9.95. The number of ketones is 2. The molecular formula is C45H63N3O15Si. The largest absolute Gasteiger partial charge is 0.467 e. The van der Waals surface area contributed by atoms with Crippen LogP contribution in [0.4, 0.5) is 0 Å². The van der Waals surface area contributed by atoms with Crippen molar-refractivity contribution in [3.8, 4) is 0 Å². The van der Waals surface area contributed by atoms with Crippen LogP contribution in [0.25, 0.3) is 10.4 Å². The summed E-state index contributed by atoms with van der Waals surface area (Å²) in [4.78, 5) is 66.7. The summed E-state index contributed by atoms with van der Waals surface area (Å²) >= 11 is 0. The van der Waals surface area contributed by atoms with Crippen LogP contribution in [-0.4, -0.2) is 118 Å². The van der Waals surface area contributed by atoms with E-state index in [1.807, 2.05) is 43.4 Å². The maximum atomic E-state index is 13.5. The number of azide groups is 1. The van der Waals surface area contributed by atoms with Crippen LogP contribution >= 0.6 is 0 Å². The number of benzene rings is 2. The standard InChI is InChI=1S/C45H63N3O15Si/c1-27(2)45(5,6)64(8,9)63-43-35(47-48-46)38(57-24-30-16-12-10-13-17-30)37(32(59-43)26-56-33(51)22-20-28(3)49)61-44-41(60-34(52)23-21-29(4)50)39(36(53)40(62-44)42(54)55-7)58-25-31-18-14-11-15-19-31/h10-19,27,32,35-41,43-44,53H,20-26H2,1-9H3/t32-,35-,36+,37-,38-,39+,40+,41-,43+,44-/m1/s1. The van der Waals surface area contributed by atoms with Crippen LogP contribution in [-0.2, 0) is 79.5 Å². The number of carbonyl (C=O) groups excluding carboxylic acids is 5. The van der Waals surface area contributed by atoms with Crippen molar-refractivity contribution in [1.82, 2.24) is 0 Å². The topological polar surface area (TPSA) is 237 Å². The van der Waals surface area contributed by atoms with Gasteiger partial charge in [0.25, 0.3) is 0 Å². The van der Waals surface area contributed by atoms with Gasteiger partial charge in [0.1, 0.15) is 54.7 Å². The first-order valence-electron chi connectivity index (χ1n) is 21.4. The Hall–Kier alpha value is -4.56. The van der Waals surface area contributed by atoms with Crippen molar-refractivity contribution in [1.29, 1.82) is 0 Å². The molecule has 0 saturated carbocycles. The van der Waals surface area contributed by atoms with Gasteiger partial charge in [-0.05, 0) is 54.6 Å². The third-order valence-electron chi connectivity index (χ3n) is 12.1. The van der Waals surface area contributed by atoms with E-state index in [2.05, 4.69) is 37.7 Å². The molecule has 18 nitrogen and oxygen atoms in total. The smallest absolute Gasteiger partial charge is 0.337 e. The third kappa shape index (κ3) is 14.2. The van der Waals surface area contributed by atoms with Gasteiger partial charge in [-0.2, -0.15) is 0 Å². The number of nitrogens with zero attached hydrogens (tertiary/aromatic N) is 3. The van der Waals surface area contributed by atoms with Gasteiger partial charge < -0.3 is 57.0 Å². The van der Waals surface area contributed by atoms with E-state index in [-0.39, 0.29) is 61.4 Å². The number of methoxy groups -OCH3 is 1. The molecule has 2 heterocycles. The highest BCUT2D eigenvalue weighted by Gasteiger charge is 2.57. The summed E-state index contributed by atoms with van der Waals surface area (Å²) in [6.07, 6.45) is -14.6. The van der Waals surface area contributed by atoms with Crippen LogP contribution in [0.2, 0.25) is 18.1 Å². The number of Topliss-reactive ketones (excluding diaryl/α,β-unsaturated/α-hetero) is 2. The number of hydrogen-bond donors (Lipinski definition) is 1. The molecule has 1 N–H and O–H groups in total. The quantitative estimate of drug-likeness (QED) is 0.0333. The molecule has 19 heteroatoms. The van der Waals surface area contributed by atoms with E-state index in [9.17, 15) is 34.6 Å². The van der Waals surface area contributed by atoms with E-state index in [0.717, 1.165) is 12.7 Å². The fraction of sp³-hybridized carbons (Fsp3) is 0.622. The molecule has 64 heavy (non-hydrogen) atoms. The highest BCUT2D eigenvalue weighted by atomic mass is 28.4. The van der Waals surface area contributed by atoms with E-state index >= 15 is 0 Å². The summed E-state index contributed by atoms with van der Waals surface area (Å²) in [6, 6.07) is 16.7. The van der Waals surface area contributed by atoms with Crippen molar-refractivity contribution < 1.29 is 71.4 Å². The molecule has 2 saturated heterocycles. The van der Waals surface area contributed by atoms with E-state index in [4.69, 9.17) is 42.3 Å². The minimum Gasteiger partial charge on any atom is -0.467 e. The van der Waals surface area contributed by atoms with Gasteiger partial charge in [-0.3, -0.25) is 9.59 Å². The number of rotatable bonds is 23. The van der Waals surface area contributed by atoms with Crippen LogP contribution in [0.3, 0.4) is 0 Å². The molecule has 2 fully saturated rings. The molecule has 0 aliphatic carbocycles. The first-order valence-corrected chi connectivity index (χ1v) is 24.3. The zero-order chi connectivity index (χ0) is 47.2. The monoisotopic (exact) mass is 913 g/mol. The number of aliphatic hydroxyl groups excluding tert-OH is 1. The Bertz CT molecular complexity index is 1910. The molecule has 2 aromatic rings. The normalized spacial score (nSPS) is 26.0. The number of esters is 3. The van der Waals surface area contributed by atoms with Crippen molar-refractivity contribution >= 4 is 37.8 Å². The minimum atomic E-state index is -2.81. The predicted octanol–water partition coefficient (Wildman–Crippen LogP) is 6.06. The van der Waals surface area contributed by atoms with Crippen LogP contribution in [0, 0.1) is 5.92 Å². The van der Waals surface area contributed by atoms with Crippen molar-refractivity contribution in [2.45, 2.75) is 160 Å². The van der Waals surface area contributed by atoms with Gasteiger partial charge in [0.2, 0.25) is 0 Å². The number of hydrogen-bond acceptors (Lipinski definition) is 16. The van der Waals surface area contributed by atoms with Gasteiger partial charge in [0.05, 0.1) is 33.2 Å². The van der Waals surface area contributed by atoms with Gasteiger partial charge in [-0.1, -0.05) is 93.5 Å². The fourth-order valence-corrected chi connectivity index (χ4v) is 9.53. The van der Waals surface area contributed by atoms with Gasteiger partial charge in [-0.15, -0.1) is 0 Å². The minimum absolute atomic E-state index is 0.0553. The Morgan fingerprint density at radius 1 is 0.797 bits per heavy atom. The fourth-order valence-electron chi connectivity index (χ4n) is 7.06. The van der Waals surface area contributed by atoms with E-state index in [1.54, 1.807) is 30.3 Å². The first kappa shape index (κ1) is 52.1. The van der Waals surface area contributed by atoms with Crippen molar-refractivity contribution in [2.75, 3.05) is 13.7 Å². The Morgan fingerprint density at radius 2 is 1.34 bits per heavy atom. The van der Waals surface area contributed by atoms with E-state index in [1.165, 1.54) is 13.8 Å². The second-order valence-corrected chi connectivity index (χ2v) is 21.9. The Balaban J connectivity index is 1.88. The average Bonchev–Trinajstić information content (AvgIpc) is 3.25. The molecule has 0 unspecified atom stereocenters. The lowest BCUT2D eigenvalue weighted by Crippen LogP contribution is -2.67. The van der Waals surface area contributed by atoms with Crippen LogP contribution in [0.5, 0.6) is 0 Å². The maximum absolute atomic E-state index is 13.5. The summed E-state index contributed by atoms with van der Waals surface area (Å²) < 4.78 is 55.9. The van der Waals surface area contributed by atoms with Crippen molar-refractivity contribution in [2.24, 2.45) is 11.0 Å². The molecular weight excluding hydrogens is 851 g/mol. The number of ether oxygens (including phenoxy) is 8. The Kier molecular flexibility index (Phi) is 19.6. The van der Waals surface area contributed by atoms with Crippen LogP contribution in [0.1, 0.15) is 78.4 Å².